The first kappa shape index (κ1) is 15.7. The van der Waals surface area contributed by atoms with Crippen LogP contribution in [0.3, 0.4) is 0 Å². The third-order valence-corrected chi connectivity index (χ3v) is 3.77. The molecule has 0 radical (unpaired) electrons. The second-order valence-electron chi connectivity index (χ2n) is 5.18. The molecule has 0 aliphatic carbocycles. The number of benzene rings is 1. The van der Waals surface area contributed by atoms with Crippen molar-refractivity contribution in [1.29, 1.82) is 0 Å². The van der Waals surface area contributed by atoms with Crippen LogP contribution in [0.2, 0.25) is 0 Å². The van der Waals surface area contributed by atoms with Gasteiger partial charge in [0.25, 0.3) is 0 Å². The second-order valence-corrected chi connectivity index (χ2v) is 5.18. The predicted molar refractivity (Wildman–Crippen MR) is 76.7 cm³/mol. The van der Waals surface area contributed by atoms with E-state index in [1.165, 1.54) is 13.2 Å². The highest BCUT2D eigenvalue weighted by molar-refractivity contribution is 5.82. The summed E-state index contributed by atoms with van der Waals surface area (Å²) in [4.78, 5) is 12.2. The van der Waals surface area contributed by atoms with Gasteiger partial charge < -0.3 is 20.1 Å². The molecule has 1 heterocycles. The molecule has 2 rings (SSSR count). The zero-order valence-electron chi connectivity index (χ0n) is 12.5. The van der Waals surface area contributed by atoms with Gasteiger partial charge in [-0.05, 0) is 31.0 Å². The Hall–Kier alpha value is -1.66. The fourth-order valence-electron chi connectivity index (χ4n) is 2.43. The minimum absolute atomic E-state index is 0.0643. The van der Waals surface area contributed by atoms with Gasteiger partial charge >= 0.3 is 0 Å². The molecule has 2 N–H and O–H groups in total. The van der Waals surface area contributed by atoms with E-state index in [-0.39, 0.29) is 29.8 Å². The lowest BCUT2D eigenvalue weighted by molar-refractivity contribution is -0.123. The molecular formula is C15H21FN2O3. The van der Waals surface area contributed by atoms with Crippen LogP contribution in [0.4, 0.5) is 4.39 Å². The van der Waals surface area contributed by atoms with Gasteiger partial charge in [0, 0.05) is 13.7 Å². The molecule has 1 fully saturated rings. The van der Waals surface area contributed by atoms with E-state index in [1.807, 2.05) is 6.92 Å². The number of carbonyl (C=O) groups is 1. The summed E-state index contributed by atoms with van der Waals surface area (Å²) in [5.74, 6) is -0.342. The first-order valence-corrected chi connectivity index (χ1v) is 6.95. The van der Waals surface area contributed by atoms with Crippen LogP contribution in [0.25, 0.3) is 0 Å². The van der Waals surface area contributed by atoms with E-state index >= 15 is 0 Å². The second kappa shape index (κ2) is 6.87. The van der Waals surface area contributed by atoms with Gasteiger partial charge in [-0.1, -0.05) is 6.07 Å². The molecule has 0 aromatic heterocycles. The maximum absolute atomic E-state index is 13.7. The number of rotatable bonds is 5. The maximum atomic E-state index is 13.7. The Morgan fingerprint density at radius 3 is 2.81 bits per heavy atom. The molecule has 6 heteroatoms. The van der Waals surface area contributed by atoms with Gasteiger partial charge in [-0.2, -0.15) is 0 Å². The number of carbonyl (C=O) groups excluding carboxylic acids is 1. The Labute approximate surface area is 123 Å². The van der Waals surface area contributed by atoms with Crippen molar-refractivity contribution in [2.24, 2.45) is 0 Å². The highest BCUT2D eigenvalue weighted by Gasteiger charge is 2.30. The summed E-state index contributed by atoms with van der Waals surface area (Å²) in [5.41, 5.74) is 0.697. The van der Waals surface area contributed by atoms with Crippen LogP contribution in [0.5, 0.6) is 5.75 Å². The molecule has 1 aliphatic heterocycles. The zero-order valence-corrected chi connectivity index (χ0v) is 12.5. The first-order valence-electron chi connectivity index (χ1n) is 6.95. The summed E-state index contributed by atoms with van der Waals surface area (Å²) in [7, 11) is 3.05. The van der Waals surface area contributed by atoms with E-state index in [0.717, 1.165) is 0 Å². The zero-order chi connectivity index (χ0) is 15.4. The summed E-state index contributed by atoms with van der Waals surface area (Å²) < 4.78 is 23.8. The molecule has 3 atom stereocenters. The summed E-state index contributed by atoms with van der Waals surface area (Å²) in [6, 6.07) is 4.14. The minimum Gasteiger partial charge on any atom is -0.494 e. The monoisotopic (exact) mass is 296 g/mol. The number of hydrogen-bond acceptors (Lipinski definition) is 4. The van der Waals surface area contributed by atoms with Gasteiger partial charge in [0.1, 0.15) is 0 Å². The molecule has 0 bridgehead atoms. The number of ether oxygens (including phenoxy) is 2. The Kier molecular flexibility index (Phi) is 5.14. The van der Waals surface area contributed by atoms with Gasteiger partial charge in [0.2, 0.25) is 5.91 Å². The van der Waals surface area contributed by atoms with Crippen LogP contribution in [0, 0.1) is 5.82 Å². The summed E-state index contributed by atoms with van der Waals surface area (Å²) in [5, 5.41) is 6.00. The van der Waals surface area contributed by atoms with Crippen molar-refractivity contribution in [3.63, 3.8) is 0 Å². The van der Waals surface area contributed by atoms with Crippen LogP contribution in [0.15, 0.2) is 18.2 Å². The Balaban J connectivity index is 1.96. The number of hydrogen-bond donors (Lipinski definition) is 2. The van der Waals surface area contributed by atoms with Crippen molar-refractivity contribution in [2.75, 3.05) is 20.8 Å². The smallest absolute Gasteiger partial charge is 0.237 e. The summed E-state index contributed by atoms with van der Waals surface area (Å²) in [6.45, 7) is 2.49. The maximum Gasteiger partial charge on any atom is 0.237 e. The number of halogens is 1. The first-order chi connectivity index (χ1) is 10.0. The largest absolute Gasteiger partial charge is 0.494 e. The van der Waals surface area contributed by atoms with Crippen LogP contribution in [0.1, 0.15) is 24.9 Å². The molecule has 1 aliphatic rings. The van der Waals surface area contributed by atoms with E-state index in [2.05, 4.69) is 10.6 Å². The third-order valence-electron chi connectivity index (χ3n) is 3.77. The van der Waals surface area contributed by atoms with Crippen LogP contribution < -0.4 is 15.4 Å². The lowest BCUT2D eigenvalue weighted by Gasteiger charge is -2.18. The van der Waals surface area contributed by atoms with Crippen molar-refractivity contribution >= 4 is 5.91 Å². The minimum atomic E-state index is -0.436. The molecule has 1 amide bonds. The van der Waals surface area contributed by atoms with E-state index in [1.54, 1.807) is 19.2 Å². The molecule has 1 aromatic carbocycles. The average Bonchev–Trinajstić information content (AvgIpc) is 2.96. The third kappa shape index (κ3) is 3.71. The normalized spacial score (nSPS) is 22.9. The SMILES string of the molecule is COc1ccc(C(C)NC(=O)C2CC(OC)CN2)cc1F. The molecule has 3 unspecified atom stereocenters. The van der Waals surface area contributed by atoms with Gasteiger partial charge in [0.05, 0.1) is 25.3 Å². The van der Waals surface area contributed by atoms with Crippen molar-refractivity contribution in [3.05, 3.63) is 29.6 Å². The van der Waals surface area contributed by atoms with E-state index in [0.29, 0.717) is 18.5 Å². The van der Waals surface area contributed by atoms with E-state index in [9.17, 15) is 9.18 Å². The van der Waals surface area contributed by atoms with E-state index in [4.69, 9.17) is 9.47 Å². The van der Waals surface area contributed by atoms with Gasteiger partial charge in [-0.25, -0.2) is 4.39 Å². The number of amides is 1. The standard InChI is InChI=1S/C15H21FN2O3/c1-9(10-4-5-14(21-3)12(16)6-10)18-15(19)13-7-11(20-2)8-17-13/h4-6,9,11,13,17H,7-8H2,1-3H3,(H,18,19). The number of methoxy groups -OCH3 is 2. The van der Waals surface area contributed by atoms with Crippen molar-refractivity contribution in [1.82, 2.24) is 10.6 Å². The van der Waals surface area contributed by atoms with Crippen LogP contribution in [-0.2, 0) is 9.53 Å². The van der Waals surface area contributed by atoms with Gasteiger partial charge in [-0.3, -0.25) is 4.79 Å². The lowest BCUT2D eigenvalue weighted by Crippen LogP contribution is -2.41. The van der Waals surface area contributed by atoms with Crippen LogP contribution >= 0.6 is 0 Å². The Morgan fingerprint density at radius 1 is 1.48 bits per heavy atom. The highest BCUT2D eigenvalue weighted by Crippen LogP contribution is 2.22. The average molecular weight is 296 g/mol. The molecule has 116 valence electrons. The van der Waals surface area contributed by atoms with Gasteiger partial charge in [-0.15, -0.1) is 0 Å². The predicted octanol–water partition coefficient (Wildman–Crippen LogP) is 1.39. The molecule has 1 saturated heterocycles. The lowest BCUT2D eigenvalue weighted by atomic mass is 10.1. The topological polar surface area (TPSA) is 59.6 Å². The van der Waals surface area contributed by atoms with Crippen molar-refractivity contribution < 1.29 is 18.7 Å². The van der Waals surface area contributed by atoms with Crippen LogP contribution in [-0.4, -0.2) is 38.8 Å². The molecule has 1 aromatic rings. The quantitative estimate of drug-likeness (QED) is 0.862. The molecule has 5 nitrogen and oxygen atoms in total. The van der Waals surface area contributed by atoms with Crippen molar-refractivity contribution in [3.8, 4) is 5.75 Å². The Bertz CT molecular complexity index is 510. The van der Waals surface area contributed by atoms with Crippen molar-refractivity contribution in [2.45, 2.75) is 31.5 Å². The molecule has 21 heavy (non-hydrogen) atoms. The Morgan fingerprint density at radius 2 is 2.24 bits per heavy atom. The summed E-state index contributed by atoms with van der Waals surface area (Å²) in [6.07, 6.45) is 0.709. The highest BCUT2D eigenvalue weighted by atomic mass is 19.1. The molecule has 0 saturated carbocycles. The molecular weight excluding hydrogens is 275 g/mol. The fraction of sp³-hybridized carbons (Fsp3) is 0.533. The van der Waals surface area contributed by atoms with Gasteiger partial charge in [0.15, 0.2) is 11.6 Å². The summed E-state index contributed by atoms with van der Waals surface area (Å²) >= 11 is 0. The fourth-order valence-corrected chi connectivity index (χ4v) is 2.43. The van der Waals surface area contributed by atoms with E-state index < -0.39 is 5.82 Å². The number of nitrogens with one attached hydrogen (secondary N) is 2. The molecule has 0 spiro atoms.